The third kappa shape index (κ3) is 3.44. The Kier molecular flexibility index (Phi) is 4.09. The van der Waals surface area contributed by atoms with Crippen molar-refractivity contribution in [3.8, 4) is 0 Å². The molecule has 0 aromatic carbocycles. The van der Waals surface area contributed by atoms with E-state index in [0.717, 1.165) is 0 Å². The normalized spacial score (nSPS) is 21.8. The van der Waals surface area contributed by atoms with E-state index >= 15 is 0 Å². The Balaban J connectivity index is 2.45. The Hall–Kier alpha value is -1.59. The van der Waals surface area contributed by atoms with Crippen molar-refractivity contribution in [3.63, 3.8) is 0 Å². The van der Waals surface area contributed by atoms with Crippen LogP contribution in [-0.4, -0.2) is 37.2 Å². The molecule has 1 aliphatic rings. The summed E-state index contributed by atoms with van der Waals surface area (Å²) in [7, 11) is 0. The fourth-order valence-corrected chi connectivity index (χ4v) is 1.34. The molecule has 6 nitrogen and oxygen atoms in total. The third-order valence-electron chi connectivity index (χ3n) is 2.40. The van der Waals surface area contributed by atoms with Crippen LogP contribution >= 0.6 is 0 Å². The molecule has 1 rings (SSSR count). The van der Waals surface area contributed by atoms with Gasteiger partial charge in [0, 0.05) is 11.8 Å². The molecular weight excluding hydrogens is 228 g/mol. The van der Waals surface area contributed by atoms with Gasteiger partial charge in [-0.1, -0.05) is 20.8 Å². The molecule has 0 aromatic rings. The summed E-state index contributed by atoms with van der Waals surface area (Å²) < 4.78 is 14.3. The highest BCUT2D eigenvalue weighted by molar-refractivity contribution is 5.83. The lowest BCUT2D eigenvalue weighted by Gasteiger charge is -2.21. The van der Waals surface area contributed by atoms with E-state index < -0.39 is 36.0 Å². The summed E-state index contributed by atoms with van der Waals surface area (Å²) >= 11 is 0. The summed E-state index contributed by atoms with van der Waals surface area (Å²) in [5, 5.41) is 0. The average Bonchev–Trinajstić information content (AvgIpc) is 2.53. The predicted octanol–water partition coefficient (Wildman–Crippen LogP) is 0.434. The van der Waals surface area contributed by atoms with Crippen molar-refractivity contribution in [3.05, 3.63) is 0 Å². The molecule has 1 heterocycles. The molecular formula is C11H16O6. The van der Waals surface area contributed by atoms with Crippen LogP contribution in [-0.2, 0) is 28.6 Å². The molecule has 1 fully saturated rings. The first-order valence-electron chi connectivity index (χ1n) is 5.38. The fraction of sp³-hybridized carbons (Fsp3) is 0.727. The minimum Gasteiger partial charge on any atom is -0.462 e. The summed E-state index contributed by atoms with van der Waals surface area (Å²) in [5.74, 6) is -1.80. The highest BCUT2D eigenvalue weighted by Crippen LogP contribution is 2.30. The molecule has 96 valence electrons. The highest BCUT2D eigenvalue weighted by Gasteiger charge is 2.46. The van der Waals surface area contributed by atoms with Crippen LogP contribution in [0.5, 0.6) is 0 Å². The Morgan fingerprint density at radius 1 is 1.41 bits per heavy atom. The molecule has 0 aromatic heterocycles. The summed E-state index contributed by atoms with van der Waals surface area (Å²) in [6.07, 6.45) is -0.750. The second-order valence-corrected chi connectivity index (χ2v) is 4.48. The van der Waals surface area contributed by atoms with E-state index in [9.17, 15) is 14.4 Å². The molecule has 17 heavy (non-hydrogen) atoms. The second kappa shape index (κ2) is 5.16. The smallest absolute Gasteiger partial charge is 0.348 e. The van der Waals surface area contributed by atoms with Crippen LogP contribution in [0, 0.1) is 5.41 Å². The van der Waals surface area contributed by atoms with Crippen LogP contribution in [0.3, 0.4) is 0 Å². The minimum absolute atomic E-state index is 0.185. The molecule has 0 bridgehead atoms. The maximum Gasteiger partial charge on any atom is 0.348 e. The van der Waals surface area contributed by atoms with Gasteiger partial charge in [-0.25, -0.2) is 9.59 Å². The van der Waals surface area contributed by atoms with Crippen molar-refractivity contribution in [2.75, 3.05) is 13.2 Å². The van der Waals surface area contributed by atoms with Crippen LogP contribution in [0.15, 0.2) is 0 Å². The van der Waals surface area contributed by atoms with Gasteiger partial charge in [0.15, 0.2) is 6.61 Å². The zero-order valence-corrected chi connectivity index (χ0v) is 10.1. The first-order valence-corrected chi connectivity index (χ1v) is 5.38. The zero-order valence-electron chi connectivity index (χ0n) is 10.1. The van der Waals surface area contributed by atoms with Gasteiger partial charge in [0.25, 0.3) is 0 Å². The molecule has 1 aliphatic heterocycles. The monoisotopic (exact) mass is 244 g/mol. The predicted molar refractivity (Wildman–Crippen MR) is 55.9 cm³/mol. The van der Waals surface area contributed by atoms with Crippen molar-refractivity contribution in [1.29, 1.82) is 0 Å². The third-order valence-corrected chi connectivity index (χ3v) is 2.40. The van der Waals surface area contributed by atoms with Gasteiger partial charge in [-0.2, -0.15) is 0 Å². The summed E-state index contributed by atoms with van der Waals surface area (Å²) in [6, 6.07) is 0. The van der Waals surface area contributed by atoms with Crippen LogP contribution in [0.25, 0.3) is 0 Å². The number of hydrogen-bond donors (Lipinski definition) is 0. The van der Waals surface area contributed by atoms with E-state index in [-0.39, 0.29) is 13.0 Å². The number of hydrogen-bond acceptors (Lipinski definition) is 6. The molecule has 0 radical (unpaired) electrons. The summed E-state index contributed by atoms with van der Waals surface area (Å²) in [4.78, 5) is 33.5. The van der Waals surface area contributed by atoms with Gasteiger partial charge in [-0.3, -0.25) is 4.79 Å². The largest absolute Gasteiger partial charge is 0.462 e. The average molecular weight is 244 g/mol. The molecule has 1 saturated heterocycles. The van der Waals surface area contributed by atoms with Crippen molar-refractivity contribution < 1.29 is 28.6 Å². The van der Waals surface area contributed by atoms with Crippen LogP contribution < -0.4 is 0 Å². The van der Waals surface area contributed by atoms with Crippen molar-refractivity contribution in [2.24, 2.45) is 5.41 Å². The summed E-state index contributed by atoms with van der Waals surface area (Å²) in [6.45, 7) is 4.86. The van der Waals surface area contributed by atoms with Crippen molar-refractivity contribution >= 4 is 17.9 Å². The maximum absolute atomic E-state index is 11.3. The fourth-order valence-electron chi connectivity index (χ4n) is 1.34. The lowest BCUT2D eigenvalue weighted by molar-refractivity contribution is -0.169. The highest BCUT2D eigenvalue weighted by atomic mass is 16.6. The van der Waals surface area contributed by atoms with Gasteiger partial charge in [0.05, 0.1) is 0 Å². The number of esters is 3. The number of carbonyl (C=O) groups excluding carboxylic acids is 3. The van der Waals surface area contributed by atoms with E-state index in [4.69, 9.17) is 9.47 Å². The standard InChI is InChI=1S/C11H16O6/c1-4-7(12)15-5-8(13)17-9-10(14)16-6-11(9,2)3/h9H,4-6H2,1-3H3. The molecule has 1 unspecified atom stereocenters. The van der Waals surface area contributed by atoms with Gasteiger partial charge in [0.1, 0.15) is 6.61 Å². The Morgan fingerprint density at radius 3 is 2.53 bits per heavy atom. The first-order chi connectivity index (χ1) is 7.86. The SMILES string of the molecule is CCC(=O)OCC(=O)OC1C(=O)OCC1(C)C. The summed E-state index contributed by atoms with van der Waals surface area (Å²) in [5.41, 5.74) is -0.554. The number of cyclic esters (lactones) is 1. The number of rotatable bonds is 4. The lowest BCUT2D eigenvalue weighted by atomic mass is 9.90. The molecule has 0 N–H and O–H groups in total. The minimum atomic E-state index is -0.935. The van der Waals surface area contributed by atoms with Crippen molar-refractivity contribution in [2.45, 2.75) is 33.3 Å². The van der Waals surface area contributed by atoms with Crippen LogP contribution in [0.2, 0.25) is 0 Å². The molecule has 0 amide bonds. The van der Waals surface area contributed by atoms with E-state index in [0.29, 0.717) is 0 Å². The van der Waals surface area contributed by atoms with Gasteiger partial charge in [-0.15, -0.1) is 0 Å². The van der Waals surface area contributed by atoms with Gasteiger partial charge in [-0.05, 0) is 0 Å². The van der Waals surface area contributed by atoms with E-state index in [1.165, 1.54) is 0 Å². The molecule has 0 spiro atoms. The maximum atomic E-state index is 11.3. The van der Waals surface area contributed by atoms with E-state index in [1.54, 1.807) is 20.8 Å². The number of carbonyl (C=O) groups is 3. The molecule has 1 atom stereocenters. The molecule has 0 saturated carbocycles. The van der Waals surface area contributed by atoms with E-state index in [2.05, 4.69) is 4.74 Å². The molecule has 6 heteroatoms. The van der Waals surface area contributed by atoms with Crippen LogP contribution in [0.1, 0.15) is 27.2 Å². The molecule has 0 aliphatic carbocycles. The van der Waals surface area contributed by atoms with Crippen LogP contribution in [0.4, 0.5) is 0 Å². The quantitative estimate of drug-likeness (QED) is 0.527. The zero-order chi connectivity index (χ0) is 13.1. The number of ether oxygens (including phenoxy) is 3. The lowest BCUT2D eigenvalue weighted by Crippen LogP contribution is -2.36. The Bertz CT molecular complexity index is 333. The second-order valence-electron chi connectivity index (χ2n) is 4.48. The Morgan fingerprint density at radius 2 is 2.06 bits per heavy atom. The van der Waals surface area contributed by atoms with Crippen molar-refractivity contribution in [1.82, 2.24) is 0 Å². The van der Waals surface area contributed by atoms with Gasteiger partial charge < -0.3 is 14.2 Å². The van der Waals surface area contributed by atoms with Gasteiger partial charge >= 0.3 is 17.9 Å². The Labute approximate surface area is 99.2 Å². The van der Waals surface area contributed by atoms with E-state index in [1.807, 2.05) is 0 Å². The van der Waals surface area contributed by atoms with Gasteiger partial charge in [0.2, 0.25) is 6.10 Å². The topological polar surface area (TPSA) is 78.9 Å². The first kappa shape index (κ1) is 13.5.